The van der Waals surface area contributed by atoms with Crippen molar-refractivity contribution in [2.75, 3.05) is 20.2 Å². The van der Waals surface area contributed by atoms with Crippen LogP contribution in [0.1, 0.15) is 26.7 Å². The second kappa shape index (κ2) is 4.28. The zero-order valence-corrected chi connectivity index (χ0v) is 9.12. The van der Waals surface area contributed by atoms with Crippen LogP contribution in [0.3, 0.4) is 0 Å². The normalized spacial score (nSPS) is 23.7. The first-order valence-electron chi connectivity index (χ1n) is 4.99. The minimum atomic E-state index is -1.27. The summed E-state index contributed by atoms with van der Waals surface area (Å²) >= 11 is 0. The molecule has 82 valence electrons. The van der Waals surface area contributed by atoms with Gasteiger partial charge in [-0.25, -0.2) is 0 Å². The third-order valence-corrected chi connectivity index (χ3v) is 2.52. The second-order valence-electron chi connectivity index (χ2n) is 4.31. The number of carbonyl (C=O) groups excluding carboxylic acids is 1. The molecule has 0 aromatic rings. The van der Waals surface area contributed by atoms with Crippen LogP contribution in [0.2, 0.25) is 0 Å². The summed E-state index contributed by atoms with van der Waals surface area (Å²) in [4.78, 5) is 13.4. The van der Waals surface area contributed by atoms with Crippen LogP contribution in [-0.4, -0.2) is 47.8 Å². The van der Waals surface area contributed by atoms with E-state index in [9.17, 15) is 9.90 Å². The molecule has 0 aliphatic carbocycles. The largest absolute Gasteiger partial charge is 0.381 e. The molecule has 1 rings (SSSR count). The number of hydrogen-bond acceptors (Lipinski definition) is 3. The topological polar surface area (TPSA) is 49.8 Å². The summed E-state index contributed by atoms with van der Waals surface area (Å²) in [6, 6.07) is 0. The van der Waals surface area contributed by atoms with E-state index in [4.69, 9.17) is 4.74 Å². The molecule has 0 aromatic heterocycles. The van der Waals surface area contributed by atoms with Crippen LogP contribution in [0.15, 0.2) is 0 Å². The first-order valence-corrected chi connectivity index (χ1v) is 4.99. The lowest BCUT2D eigenvalue weighted by atomic mass is 10.0. The molecule has 1 N–H and O–H groups in total. The number of aliphatic hydroxyl groups is 1. The van der Waals surface area contributed by atoms with E-state index in [1.807, 2.05) is 0 Å². The molecule has 1 unspecified atom stereocenters. The summed E-state index contributed by atoms with van der Waals surface area (Å²) in [6.07, 6.45) is 2.06. The molecule has 4 nitrogen and oxygen atoms in total. The highest BCUT2D eigenvalue weighted by Gasteiger charge is 2.32. The molecule has 4 heteroatoms. The maximum Gasteiger partial charge on any atom is 0.254 e. The highest BCUT2D eigenvalue weighted by atomic mass is 16.5. The third-order valence-electron chi connectivity index (χ3n) is 2.52. The standard InChI is InChI=1S/C10H19NO3/c1-10(2,13)9(12)11-6-4-5-8(7-11)14-3/h8,13H,4-7H2,1-3H3. The van der Waals surface area contributed by atoms with Crippen molar-refractivity contribution < 1.29 is 14.6 Å². The van der Waals surface area contributed by atoms with Gasteiger partial charge in [-0.05, 0) is 26.7 Å². The fourth-order valence-corrected chi connectivity index (χ4v) is 1.70. The lowest BCUT2D eigenvalue weighted by Gasteiger charge is -2.35. The molecule has 1 fully saturated rings. The quantitative estimate of drug-likeness (QED) is 0.703. The van der Waals surface area contributed by atoms with Crippen LogP contribution >= 0.6 is 0 Å². The SMILES string of the molecule is COC1CCCN(C(=O)C(C)(C)O)C1. The van der Waals surface area contributed by atoms with Crippen LogP contribution in [0.25, 0.3) is 0 Å². The van der Waals surface area contributed by atoms with Crippen LogP contribution in [0.4, 0.5) is 0 Å². The summed E-state index contributed by atoms with van der Waals surface area (Å²) in [5.74, 6) is -0.209. The van der Waals surface area contributed by atoms with Crippen molar-refractivity contribution in [2.45, 2.75) is 38.4 Å². The molecular formula is C10H19NO3. The van der Waals surface area contributed by atoms with E-state index < -0.39 is 5.60 Å². The monoisotopic (exact) mass is 201 g/mol. The number of hydrogen-bond donors (Lipinski definition) is 1. The highest BCUT2D eigenvalue weighted by Crippen LogP contribution is 2.16. The number of carbonyl (C=O) groups is 1. The molecule has 14 heavy (non-hydrogen) atoms. The number of methoxy groups -OCH3 is 1. The van der Waals surface area contributed by atoms with E-state index in [1.165, 1.54) is 13.8 Å². The molecule has 0 radical (unpaired) electrons. The van der Waals surface area contributed by atoms with Crippen LogP contribution in [0, 0.1) is 0 Å². The molecule has 1 aliphatic rings. The molecule has 0 aromatic carbocycles. The zero-order valence-electron chi connectivity index (χ0n) is 9.12. The third kappa shape index (κ3) is 2.69. The minimum absolute atomic E-state index is 0.120. The molecule has 1 heterocycles. The van der Waals surface area contributed by atoms with E-state index in [1.54, 1.807) is 12.0 Å². The average molecular weight is 201 g/mol. The molecule has 0 bridgehead atoms. The molecule has 1 amide bonds. The van der Waals surface area contributed by atoms with Crippen molar-refractivity contribution in [2.24, 2.45) is 0 Å². The van der Waals surface area contributed by atoms with Crippen molar-refractivity contribution in [3.63, 3.8) is 0 Å². The summed E-state index contributed by atoms with van der Waals surface area (Å²) in [7, 11) is 1.66. The molecule has 0 saturated carbocycles. The van der Waals surface area contributed by atoms with Crippen LogP contribution in [0.5, 0.6) is 0 Å². The van der Waals surface area contributed by atoms with Gasteiger partial charge in [0.1, 0.15) is 5.60 Å². The van der Waals surface area contributed by atoms with Gasteiger partial charge in [-0.1, -0.05) is 0 Å². The van der Waals surface area contributed by atoms with Crippen molar-refractivity contribution in [3.8, 4) is 0 Å². The first-order chi connectivity index (χ1) is 6.45. The van der Waals surface area contributed by atoms with Gasteiger partial charge in [0.15, 0.2) is 0 Å². The summed E-state index contributed by atoms with van der Waals surface area (Å²) in [6.45, 7) is 4.36. The van der Waals surface area contributed by atoms with Gasteiger partial charge in [0.05, 0.1) is 6.10 Å². The van der Waals surface area contributed by atoms with E-state index in [-0.39, 0.29) is 12.0 Å². The number of likely N-dealkylation sites (tertiary alicyclic amines) is 1. The highest BCUT2D eigenvalue weighted by molar-refractivity contribution is 5.84. The second-order valence-corrected chi connectivity index (χ2v) is 4.31. The smallest absolute Gasteiger partial charge is 0.254 e. The molecule has 1 saturated heterocycles. The number of nitrogens with zero attached hydrogens (tertiary/aromatic N) is 1. The van der Waals surface area contributed by atoms with Gasteiger partial charge in [-0.15, -0.1) is 0 Å². The van der Waals surface area contributed by atoms with E-state index >= 15 is 0 Å². The van der Waals surface area contributed by atoms with Crippen molar-refractivity contribution in [3.05, 3.63) is 0 Å². The Hall–Kier alpha value is -0.610. The predicted octanol–water partition coefficient (Wildman–Crippen LogP) is 0.395. The molecule has 0 spiro atoms. The number of ether oxygens (including phenoxy) is 1. The van der Waals surface area contributed by atoms with Gasteiger partial charge >= 0.3 is 0 Å². The Kier molecular flexibility index (Phi) is 3.50. The van der Waals surface area contributed by atoms with Crippen LogP contribution in [-0.2, 0) is 9.53 Å². The number of amides is 1. The van der Waals surface area contributed by atoms with Gasteiger partial charge in [0, 0.05) is 20.2 Å². The fraction of sp³-hybridized carbons (Fsp3) is 0.900. The van der Waals surface area contributed by atoms with Gasteiger partial charge in [0.25, 0.3) is 5.91 Å². The molecule has 1 aliphatic heterocycles. The van der Waals surface area contributed by atoms with Gasteiger partial charge < -0.3 is 14.7 Å². The lowest BCUT2D eigenvalue weighted by molar-refractivity contribution is -0.151. The predicted molar refractivity (Wildman–Crippen MR) is 52.9 cm³/mol. The number of piperidine rings is 1. The fourth-order valence-electron chi connectivity index (χ4n) is 1.70. The zero-order chi connectivity index (χ0) is 10.8. The number of rotatable bonds is 2. The Morgan fingerprint density at radius 2 is 2.21 bits per heavy atom. The minimum Gasteiger partial charge on any atom is -0.381 e. The Labute approximate surface area is 84.8 Å². The first kappa shape index (κ1) is 11.5. The summed E-state index contributed by atoms with van der Waals surface area (Å²) in [5, 5.41) is 9.57. The van der Waals surface area contributed by atoms with Gasteiger partial charge in [0.2, 0.25) is 0 Å². The van der Waals surface area contributed by atoms with Gasteiger partial charge in [-0.3, -0.25) is 4.79 Å². The van der Waals surface area contributed by atoms with E-state index in [0.717, 1.165) is 19.4 Å². The molecule has 1 atom stereocenters. The van der Waals surface area contributed by atoms with Crippen molar-refractivity contribution >= 4 is 5.91 Å². The Bertz CT molecular complexity index is 210. The lowest BCUT2D eigenvalue weighted by Crippen LogP contribution is -2.50. The maximum absolute atomic E-state index is 11.7. The van der Waals surface area contributed by atoms with E-state index in [2.05, 4.69) is 0 Å². The van der Waals surface area contributed by atoms with Crippen LogP contribution < -0.4 is 0 Å². The molecular weight excluding hydrogens is 182 g/mol. The Morgan fingerprint density at radius 1 is 1.57 bits per heavy atom. The Balaban J connectivity index is 2.56. The van der Waals surface area contributed by atoms with Gasteiger partial charge in [-0.2, -0.15) is 0 Å². The van der Waals surface area contributed by atoms with Crippen molar-refractivity contribution in [1.29, 1.82) is 0 Å². The summed E-state index contributed by atoms with van der Waals surface area (Å²) in [5.41, 5.74) is -1.27. The summed E-state index contributed by atoms with van der Waals surface area (Å²) < 4.78 is 5.21. The Morgan fingerprint density at radius 3 is 2.71 bits per heavy atom. The maximum atomic E-state index is 11.7. The average Bonchev–Trinajstić information content (AvgIpc) is 2.15. The van der Waals surface area contributed by atoms with E-state index in [0.29, 0.717) is 6.54 Å². The van der Waals surface area contributed by atoms with Crippen molar-refractivity contribution in [1.82, 2.24) is 4.90 Å².